The Labute approximate surface area is 168 Å². The van der Waals surface area contributed by atoms with Crippen LogP contribution in [-0.2, 0) is 6.54 Å². The molecule has 4 aromatic rings. The molecule has 138 valence electrons. The molecular weight excluding hydrogens is 370 g/mol. The molecule has 0 aliphatic carbocycles. The molecule has 0 bridgehead atoms. The van der Waals surface area contributed by atoms with Crippen molar-refractivity contribution in [3.8, 4) is 11.3 Å². The molecule has 28 heavy (non-hydrogen) atoms. The van der Waals surface area contributed by atoms with Crippen molar-refractivity contribution in [3.05, 3.63) is 94.8 Å². The van der Waals surface area contributed by atoms with Gasteiger partial charge in [0.2, 0.25) is 0 Å². The third kappa shape index (κ3) is 3.87. The molecule has 0 saturated carbocycles. The molecule has 1 N–H and O–H groups in total. The number of halogens is 1. The summed E-state index contributed by atoms with van der Waals surface area (Å²) in [4.78, 5) is 21.8. The van der Waals surface area contributed by atoms with Crippen LogP contribution < -0.4 is 5.32 Å². The molecule has 0 saturated heterocycles. The molecule has 0 spiro atoms. The summed E-state index contributed by atoms with van der Waals surface area (Å²) in [6.45, 7) is 2.42. The second kappa shape index (κ2) is 7.79. The maximum Gasteiger partial charge on any atom is 0.252 e. The minimum absolute atomic E-state index is 0.142. The average Bonchev–Trinajstić information content (AvgIpc) is 2.72. The van der Waals surface area contributed by atoms with Crippen LogP contribution in [0.1, 0.15) is 21.5 Å². The van der Waals surface area contributed by atoms with Crippen molar-refractivity contribution in [2.75, 3.05) is 0 Å². The first-order chi connectivity index (χ1) is 13.6. The fourth-order valence-electron chi connectivity index (χ4n) is 3.08. The van der Waals surface area contributed by atoms with Crippen LogP contribution >= 0.6 is 11.6 Å². The van der Waals surface area contributed by atoms with Crippen molar-refractivity contribution >= 4 is 28.4 Å². The Hall–Kier alpha value is -3.24. The summed E-state index contributed by atoms with van der Waals surface area (Å²) >= 11 is 6.00. The zero-order chi connectivity index (χ0) is 19.5. The highest BCUT2D eigenvalue weighted by Crippen LogP contribution is 2.26. The minimum atomic E-state index is -0.142. The molecule has 0 radical (unpaired) electrons. The lowest BCUT2D eigenvalue weighted by Crippen LogP contribution is -2.23. The maximum absolute atomic E-state index is 13.0. The van der Waals surface area contributed by atoms with Crippen molar-refractivity contribution in [1.82, 2.24) is 15.3 Å². The second-order valence-electron chi connectivity index (χ2n) is 6.63. The van der Waals surface area contributed by atoms with E-state index in [-0.39, 0.29) is 5.91 Å². The number of carbonyl (C=O) groups is 1. The maximum atomic E-state index is 13.0. The van der Waals surface area contributed by atoms with Gasteiger partial charge in [0.05, 0.1) is 16.8 Å². The van der Waals surface area contributed by atoms with Gasteiger partial charge in [0.1, 0.15) is 0 Å². The van der Waals surface area contributed by atoms with Crippen LogP contribution in [0.5, 0.6) is 0 Å². The summed E-state index contributed by atoms with van der Waals surface area (Å²) in [5, 5.41) is 4.48. The van der Waals surface area contributed by atoms with E-state index in [4.69, 9.17) is 16.6 Å². The minimum Gasteiger partial charge on any atom is -0.348 e. The third-order valence-electron chi connectivity index (χ3n) is 4.52. The highest BCUT2D eigenvalue weighted by atomic mass is 35.5. The largest absolute Gasteiger partial charge is 0.348 e. The summed E-state index contributed by atoms with van der Waals surface area (Å²) in [5.74, 6) is -0.142. The molecule has 0 aliphatic heterocycles. The second-order valence-corrected chi connectivity index (χ2v) is 7.06. The quantitative estimate of drug-likeness (QED) is 0.524. The molecule has 4 rings (SSSR count). The lowest BCUT2D eigenvalue weighted by molar-refractivity contribution is 0.0952. The Balaban J connectivity index is 1.75. The van der Waals surface area contributed by atoms with Gasteiger partial charge < -0.3 is 5.32 Å². The third-order valence-corrected chi connectivity index (χ3v) is 4.78. The molecular formula is C23H18ClN3O. The van der Waals surface area contributed by atoms with E-state index in [1.807, 2.05) is 67.6 Å². The van der Waals surface area contributed by atoms with E-state index in [0.29, 0.717) is 17.1 Å². The smallest absolute Gasteiger partial charge is 0.252 e. The van der Waals surface area contributed by atoms with Crippen molar-refractivity contribution in [2.24, 2.45) is 0 Å². The predicted octanol–water partition coefficient (Wildman–Crippen LogP) is 5.19. The lowest BCUT2D eigenvalue weighted by atomic mass is 10.0. The van der Waals surface area contributed by atoms with Crippen LogP contribution in [0.2, 0.25) is 5.02 Å². The Kier molecular flexibility index (Phi) is 5.04. The van der Waals surface area contributed by atoms with Crippen LogP contribution in [0.3, 0.4) is 0 Å². The normalized spacial score (nSPS) is 10.8. The van der Waals surface area contributed by atoms with E-state index < -0.39 is 0 Å². The summed E-state index contributed by atoms with van der Waals surface area (Å²) in [7, 11) is 0. The first kappa shape index (κ1) is 18.1. The molecule has 2 aromatic heterocycles. The standard InChI is InChI=1S/C23H18ClN3O/c1-15-4-9-21-19(11-15)20(23(28)26-14-16-3-2-10-25-13-16)12-22(27-21)17-5-7-18(24)8-6-17/h2-13H,14H2,1H3,(H,26,28). The molecule has 0 atom stereocenters. The fourth-order valence-corrected chi connectivity index (χ4v) is 3.20. The highest BCUT2D eigenvalue weighted by Gasteiger charge is 2.14. The number of aryl methyl sites for hydroxylation is 1. The first-order valence-corrected chi connectivity index (χ1v) is 9.32. The van der Waals surface area contributed by atoms with Gasteiger partial charge in [0.15, 0.2) is 0 Å². The van der Waals surface area contributed by atoms with Crippen LogP contribution in [0.25, 0.3) is 22.2 Å². The van der Waals surface area contributed by atoms with Gasteiger partial charge in [-0.05, 0) is 48.9 Å². The summed E-state index contributed by atoms with van der Waals surface area (Å²) < 4.78 is 0. The number of pyridine rings is 2. The number of nitrogens with zero attached hydrogens (tertiary/aromatic N) is 2. The Morgan fingerprint density at radius 3 is 2.64 bits per heavy atom. The van der Waals surface area contributed by atoms with E-state index in [1.165, 1.54) is 0 Å². The summed E-state index contributed by atoms with van der Waals surface area (Å²) in [6, 6.07) is 19.0. The van der Waals surface area contributed by atoms with Gasteiger partial charge in [-0.2, -0.15) is 0 Å². The van der Waals surface area contributed by atoms with Gasteiger partial charge in [-0.25, -0.2) is 4.98 Å². The number of aromatic nitrogens is 2. The van der Waals surface area contributed by atoms with Gasteiger partial charge in [0, 0.05) is 34.9 Å². The number of amides is 1. The highest BCUT2D eigenvalue weighted by molar-refractivity contribution is 6.30. The average molecular weight is 388 g/mol. The van der Waals surface area contributed by atoms with Crippen LogP contribution in [-0.4, -0.2) is 15.9 Å². The SMILES string of the molecule is Cc1ccc2nc(-c3ccc(Cl)cc3)cc(C(=O)NCc3cccnc3)c2c1. The van der Waals surface area contributed by atoms with Gasteiger partial charge in [0.25, 0.3) is 5.91 Å². The zero-order valence-electron chi connectivity index (χ0n) is 15.3. The van der Waals surface area contributed by atoms with E-state index in [9.17, 15) is 4.79 Å². The molecule has 2 heterocycles. The van der Waals surface area contributed by atoms with E-state index in [2.05, 4.69) is 10.3 Å². The van der Waals surface area contributed by atoms with E-state index >= 15 is 0 Å². The molecule has 2 aromatic carbocycles. The van der Waals surface area contributed by atoms with Crippen molar-refractivity contribution in [2.45, 2.75) is 13.5 Å². The van der Waals surface area contributed by atoms with Gasteiger partial charge in [-0.15, -0.1) is 0 Å². The number of nitrogens with one attached hydrogen (secondary N) is 1. The van der Waals surface area contributed by atoms with Gasteiger partial charge in [-0.1, -0.05) is 41.4 Å². The monoisotopic (exact) mass is 387 g/mol. The van der Waals surface area contributed by atoms with Gasteiger partial charge in [-0.3, -0.25) is 9.78 Å². The number of carbonyl (C=O) groups excluding carboxylic acids is 1. The molecule has 0 unspecified atom stereocenters. The molecule has 1 amide bonds. The summed E-state index contributed by atoms with van der Waals surface area (Å²) in [5.41, 5.74) is 5.05. The number of rotatable bonds is 4. The number of hydrogen-bond acceptors (Lipinski definition) is 3. The Morgan fingerprint density at radius 2 is 1.89 bits per heavy atom. The van der Waals surface area contributed by atoms with Crippen molar-refractivity contribution < 1.29 is 4.79 Å². The topological polar surface area (TPSA) is 54.9 Å². The van der Waals surface area contributed by atoms with Gasteiger partial charge >= 0.3 is 0 Å². The van der Waals surface area contributed by atoms with E-state index in [1.54, 1.807) is 12.4 Å². The van der Waals surface area contributed by atoms with E-state index in [0.717, 1.165) is 33.3 Å². The van der Waals surface area contributed by atoms with Crippen LogP contribution in [0, 0.1) is 6.92 Å². The van der Waals surface area contributed by atoms with Crippen molar-refractivity contribution in [3.63, 3.8) is 0 Å². The summed E-state index contributed by atoms with van der Waals surface area (Å²) in [6.07, 6.45) is 3.46. The molecule has 0 fully saturated rings. The molecule has 5 heteroatoms. The van der Waals surface area contributed by atoms with Crippen LogP contribution in [0.4, 0.5) is 0 Å². The zero-order valence-corrected chi connectivity index (χ0v) is 16.1. The molecule has 4 nitrogen and oxygen atoms in total. The van der Waals surface area contributed by atoms with Crippen LogP contribution in [0.15, 0.2) is 73.1 Å². The fraction of sp³-hybridized carbons (Fsp3) is 0.0870. The Bertz CT molecular complexity index is 1140. The number of hydrogen-bond donors (Lipinski definition) is 1. The molecule has 0 aliphatic rings. The first-order valence-electron chi connectivity index (χ1n) is 8.94. The predicted molar refractivity (Wildman–Crippen MR) is 112 cm³/mol. The lowest BCUT2D eigenvalue weighted by Gasteiger charge is -2.11. The van der Waals surface area contributed by atoms with Crippen molar-refractivity contribution in [1.29, 1.82) is 0 Å². The Morgan fingerprint density at radius 1 is 1.07 bits per heavy atom. The number of benzene rings is 2. The number of fused-ring (bicyclic) bond motifs is 1.